The second-order valence-electron chi connectivity index (χ2n) is 6.69. The predicted octanol–water partition coefficient (Wildman–Crippen LogP) is 4.59. The third-order valence-electron chi connectivity index (χ3n) is 5.63. The van der Waals surface area contributed by atoms with Crippen LogP contribution in [0.25, 0.3) is 10.9 Å². The normalized spacial score (nSPS) is 24.1. The molecule has 3 aliphatic heterocycles. The highest BCUT2D eigenvalue weighted by atomic mass is 16.1. The standard InChI is InChI=1S/C17H20N2.C2H4O.C2H6/c1-2-6-15-13(5-1)14-8-10-18-9-3-4-12-7-11-19(15)17(14)16(12)18;1-2-3;1-2/h1-2,5-6,12,16H,3-4,7-11H2;2H,1H3;1-2H3. The Hall–Kier alpha value is -1.61. The number of rotatable bonds is 0. The summed E-state index contributed by atoms with van der Waals surface area (Å²) in [4.78, 5) is 11.6. The summed E-state index contributed by atoms with van der Waals surface area (Å²) in [6.07, 6.45) is 6.25. The molecule has 2 atom stereocenters. The van der Waals surface area contributed by atoms with Crippen molar-refractivity contribution in [2.45, 2.75) is 59.0 Å². The predicted molar refractivity (Wildman–Crippen MR) is 100 cm³/mol. The van der Waals surface area contributed by atoms with Crippen molar-refractivity contribution >= 4 is 17.2 Å². The number of aryl methyl sites for hydroxylation is 1. The largest absolute Gasteiger partial charge is 0.343 e. The average molecular weight is 326 g/mol. The molecule has 1 aromatic carbocycles. The maximum absolute atomic E-state index is 8.81. The Morgan fingerprint density at radius 2 is 1.83 bits per heavy atom. The highest BCUT2D eigenvalue weighted by Gasteiger charge is 2.41. The van der Waals surface area contributed by atoms with Gasteiger partial charge in [0, 0.05) is 29.7 Å². The molecule has 3 nitrogen and oxygen atoms in total. The van der Waals surface area contributed by atoms with E-state index in [2.05, 4.69) is 33.7 Å². The van der Waals surface area contributed by atoms with Crippen molar-refractivity contribution in [1.29, 1.82) is 0 Å². The number of aldehydes is 1. The van der Waals surface area contributed by atoms with Gasteiger partial charge in [-0.15, -0.1) is 0 Å². The molecule has 1 aromatic heterocycles. The van der Waals surface area contributed by atoms with E-state index < -0.39 is 0 Å². The van der Waals surface area contributed by atoms with E-state index in [4.69, 9.17) is 4.79 Å². The Balaban J connectivity index is 0.000000308. The quantitative estimate of drug-likeness (QED) is 0.662. The molecule has 0 bridgehead atoms. The second-order valence-corrected chi connectivity index (χ2v) is 6.69. The molecule has 0 N–H and O–H groups in total. The summed E-state index contributed by atoms with van der Waals surface area (Å²) in [5.41, 5.74) is 4.84. The Labute approximate surface area is 145 Å². The number of hydrogen-bond donors (Lipinski definition) is 0. The Morgan fingerprint density at radius 1 is 1.08 bits per heavy atom. The fourth-order valence-corrected chi connectivity index (χ4v) is 4.89. The van der Waals surface area contributed by atoms with Crippen molar-refractivity contribution < 1.29 is 4.79 Å². The molecule has 3 heteroatoms. The van der Waals surface area contributed by atoms with Crippen LogP contribution in [-0.4, -0.2) is 28.8 Å². The highest BCUT2D eigenvalue weighted by Crippen LogP contribution is 2.48. The molecule has 130 valence electrons. The van der Waals surface area contributed by atoms with E-state index in [1.54, 1.807) is 11.3 Å². The number of carbonyl (C=O) groups excluding carboxylic acids is 1. The van der Waals surface area contributed by atoms with Crippen LogP contribution < -0.4 is 0 Å². The lowest BCUT2D eigenvalue weighted by atomic mass is 9.79. The van der Waals surface area contributed by atoms with Gasteiger partial charge in [-0.05, 0) is 56.7 Å². The first-order valence-electron chi connectivity index (χ1n) is 9.59. The van der Waals surface area contributed by atoms with Crippen LogP contribution in [0.2, 0.25) is 0 Å². The molecule has 1 saturated heterocycles. The van der Waals surface area contributed by atoms with Gasteiger partial charge in [-0.2, -0.15) is 0 Å². The highest BCUT2D eigenvalue weighted by molar-refractivity contribution is 5.86. The van der Waals surface area contributed by atoms with Crippen molar-refractivity contribution in [3.05, 3.63) is 35.5 Å². The number of benzene rings is 1. The molecule has 0 radical (unpaired) electrons. The summed E-state index contributed by atoms with van der Waals surface area (Å²) >= 11 is 0. The van der Waals surface area contributed by atoms with Crippen molar-refractivity contribution in [3.63, 3.8) is 0 Å². The van der Waals surface area contributed by atoms with Crippen molar-refractivity contribution in [2.75, 3.05) is 13.1 Å². The van der Waals surface area contributed by atoms with Gasteiger partial charge >= 0.3 is 0 Å². The molecule has 0 saturated carbocycles. The van der Waals surface area contributed by atoms with Crippen LogP contribution in [0.4, 0.5) is 0 Å². The zero-order valence-corrected chi connectivity index (χ0v) is 15.3. The summed E-state index contributed by atoms with van der Waals surface area (Å²) in [7, 11) is 0. The van der Waals surface area contributed by atoms with E-state index in [1.807, 2.05) is 13.8 Å². The summed E-state index contributed by atoms with van der Waals surface area (Å²) in [6.45, 7) is 9.29. The fraction of sp³-hybridized carbons (Fsp3) is 0.571. The molecular formula is C21H30N2O. The number of hydrogen-bond acceptors (Lipinski definition) is 2. The zero-order valence-electron chi connectivity index (χ0n) is 15.3. The minimum atomic E-state index is 0.735. The number of nitrogens with zero attached hydrogens (tertiary/aromatic N) is 2. The molecule has 2 unspecified atom stereocenters. The van der Waals surface area contributed by atoms with Gasteiger partial charge < -0.3 is 9.36 Å². The summed E-state index contributed by atoms with van der Waals surface area (Å²) < 4.78 is 2.64. The number of piperidine rings is 1. The van der Waals surface area contributed by atoms with Gasteiger partial charge in [0.15, 0.2) is 0 Å². The Bertz CT molecular complexity index is 650. The van der Waals surface area contributed by atoms with Crippen molar-refractivity contribution in [2.24, 2.45) is 5.92 Å². The maximum atomic E-state index is 8.81. The third kappa shape index (κ3) is 2.69. The van der Waals surface area contributed by atoms with E-state index in [1.165, 1.54) is 63.1 Å². The maximum Gasteiger partial charge on any atom is 0.116 e. The van der Waals surface area contributed by atoms with Crippen molar-refractivity contribution in [1.82, 2.24) is 9.47 Å². The Morgan fingerprint density at radius 3 is 2.62 bits per heavy atom. The molecule has 24 heavy (non-hydrogen) atoms. The fourth-order valence-electron chi connectivity index (χ4n) is 4.89. The van der Waals surface area contributed by atoms with Gasteiger partial charge in [0.1, 0.15) is 6.29 Å². The first kappa shape index (κ1) is 17.2. The topological polar surface area (TPSA) is 25.2 Å². The van der Waals surface area contributed by atoms with E-state index >= 15 is 0 Å². The number of fused-ring (bicyclic) bond motifs is 3. The number of carbonyl (C=O) groups is 1. The lowest BCUT2D eigenvalue weighted by Crippen LogP contribution is -2.46. The summed E-state index contributed by atoms with van der Waals surface area (Å²) in [5.74, 6) is 0.921. The van der Waals surface area contributed by atoms with Gasteiger partial charge in [0.2, 0.25) is 0 Å². The minimum absolute atomic E-state index is 0.735. The van der Waals surface area contributed by atoms with E-state index in [-0.39, 0.29) is 0 Å². The van der Waals surface area contributed by atoms with Gasteiger partial charge in [-0.1, -0.05) is 32.0 Å². The number of para-hydroxylation sites is 1. The lowest BCUT2D eigenvalue weighted by molar-refractivity contribution is -0.106. The zero-order chi connectivity index (χ0) is 17.1. The van der Waals surface area contributed by atoms with Gasteiger partial charge in [-0.25, -0.2) is 0 Å². The van der Waals surface area contributed by atoms with Crippen LogP contribution in [0.3, 0.4) is 0 Å². The van der Waals surface area contributed by atoms with Crippen LogP contribution >= 0.6 is 0 Å². The van der Waals surface area contributed by atoms with Crippen LogP contribution in [-0.2, 0) is 17.8 Å². The van der Waals surface area contributed by atoms with Gasteiger partial charge in [0.25, 0.3) is 0 Å². The van der Waals surface area contributed by atoms with Crippen LogP contribution in [0.15, 0.2) is 24.3 Å². The molecular weight excluding hydrogens is 296 g/mol. The smallest absolute Gasteiger partial charge is 0.116 e. The summed E-state index contributed by atoms with van der Waals surface area (Å²) in [6, 6.07) is 9.79. The molecule has 4 heterocycles. The van der Waals surface area contributed by atoms with Crippen LogP contribution in [0.5, 0.6) is 0 Å². The average Bonchev–Trinajstić information content (AvgIpc) is 2.98. The molecule has 0 aliphatic carbocycles. The van der Waals surface area contributed by atoms with Gasteiger partial charge in [-0.3, -0.25) is 4.90 Å². The first-order valence-corrected chi connectivity index (χ1v) is 9.59. The van der Waals surface area contributed by atoms with E-state index in [0.717, 1.165) is 18.2 Å². The second kappa shape index (κ2) is 7.52. The molecule has 5 rings (SSSR count). The molecule has 1 fully saturated rings. The summed E-state index contributed by atoms with van der Waals surface area (Å²) in [5, 5.41) is 1.53. The van der Waals surface area contributed by atoms with E-state index in [9.17, 15) is 0 Å². The Kier molecular flexibility index (Phi) is 5.40. The van der Waals surface area contributed by atoms with Crippen LogP contribution in [0.1, 0.15) is 57.3 Å². The monoisotopic (exact) mass is 326 g/mol. The SMILES string of the molecule is CC.CC=O.c1ccc2c(c1)c1c3n2CCC2CCCN(CC1)C32. The minimum Gasteiger partial charge on any atom is -0.343 e. The van der Waals surface area contributed by atoms with E-state index in [0.29, 0.717) is 0 Å². The third-order valence-corrected chi connectivity index (χ3v) is 5.63. The molecule has 2 aromatic rings. The molecule has 3 aliphatic rings. The van der Waals surface area contributed by atoms with Crippen molar-refractivity contribution in [3.8, 4) is 0 Å². The first-order chi connectivity index (χ1) is 11.8. The lowest BCUT2D eigenvalue weighted by Gasteiger charge is -2.47. The molecule has 0 amide bonds. The van der Waals surface area contributed by atoms with Gasteiger partial charge in [0.05, 0.1) is 6.04 Å². The number of aromatic nitrogens is 1. The molecule has 0 spiro atoms. The van der Waals surface area contributed by atoms with Crippen LogP contribution in [0, 0.1) is 5.92 Å².